The van der Waals surface area contributed by atoms with Crippen LogP contribution in [0.2, 0.25) is 0 Å². The average Bonchev–Trinajstić information content (AvgIpc) is 2.56. The monoisotopic (exact) mass is 404 g/mol. The normalized spacial score (nSPS) is 21.0. The first-order valence-electron chi connectivity index (χ1n) is 8.18. The summed E-state index contributed by atoms with van der Waals surface area (Å²) in [5.74, 6) is 1.42. The van der Waals surface area contributed by atoms with Gasteiger partial charge in [-0.05, 0) is 42.4 Å². The molecule has 3 rings (SSSR count). The van der Waals surface area contributed by atoms with Crippen LogP contribution in [0.25, 0.3) is 0 Å². The molecular formula is C20H21F2OY+2. The van der Waals surface area contributed by atoms with Crippen LogP contribution in [-0.2, 0) is 38.8 Å². The molecule has 1 aliphatic rings. The molecule has 2 aromatic carbocycles. The molecule has 1 saturated carbocycles. The van der Waals surface area contributed by atoms with E-state index in [9.17, 15) is 8.78 Å². The van der Waals surface area contributed by atoms with Crippen molar-refractivity contribution in [2.75, 3.05) is 0 Å². The summed E-state index contributed by atoms with van der Waals surface area (Å²) < 4.78 is 33.3. The van der Waals surface area contributed by atoms with E-state index in [1.165, 1.54) is 37.1 Å². The number of hydrogen-bond donors (Lipinski definition) is 0. The van der Waals surface area contributed by atoms with Gasteiger partial charge in [-0.2, -0.15) is 27.0 Å². The minimum absolute atomic E-state index is 0. The fraction of sp³-hybridized carbons (Fsp3) is 0.400. The Labute approximate surface area is 167 Å². The van der Waals surface area contributed by atoms with Gasteiger partial charge in [0.15, 0.2) is 0 Å². The van der Waals surface area contributed by atoms with Gasteiger partial charge in [-0.1, -0.05) is 31.9 Å². The Hall–Kier alpha value is -0.796. The summed E-state index contributed by atoms with van der Waals surface area (Å²) in [5, 5.41) is 0. The van der Waals surface area contributed by atoms with Crippen LogP contribution in [0.4, 0.5) is 8.78 Å². The van der Waals surface area contributed by atoms with Gasteiger partial charge in [-0.15, -0.1) is 12.1 Å². The quantitative estimate of drug-likeness (QED) is 0.576. The van der Waals surface area contributed by atoms with Crippen molar-refractivity contribution in [2.45, 2.75) is 44.6 Å². The maximum atomic E-state index is 14.2. The minimum Gasteiger partial charge on any atom is -0.456 e. The zero-order valence-electron chi connectivity index (χ0n) is 13.8. The Kier molecular flexibility index (Phi) is 6.94. The van der Waals surface area contributed by atoms with Crippen LogP contribution in [0.15, 0.2) is 48.5 Å². The molecule has 0 radical (unpaired) electrons. The molecule has 1 fully saturated rings. The van der Waals surface area contributed by atoms with Crippen molar-refractivity contribution in [3.8, 4) is 5.75 Å². The number of alkyl halides is 2. The maximum Gasteiger partial charge on any atom is 3.00 e. The van der Waals surface area contributed by atoms with E-state index < -0.39 is 6.11 Å². The zero-order chi connectivity index (χ0) is 16.3. The molecular weight excluding hydrogens is 383 g/mol. The number of benzene rings is 2. The Balaban J connectivity index is 0.00000208. The van der Waals surface area contributed by atoms with E-state index in [2.05, 4.69) is 13.0 Å². The van der Waals surface area contributed by atoms with Crippen LogP contribution < -0.4 is 4.74 Å². The summed E-state index contributed by atoms with van der Waals surface area (Å²) in [6, 6.07) is 15.5. The third-order valence-corrected chi connectivity index (χ3v) is 4.67. The summed E-state index contributed by atoms with van der Waals surface area (Å²) in [6.07, 6.45) is 1.40. The number of rotatable bonds is 4. The topological polar surface area (TPSA) is 9.23 Å². The van der Waals surface area contributed by atoms with Crippen molar-refractivity contribution in [2.24, 2.45) is 5.92 Å². The van der Waals surface area contributed by atoms with Gasteiger partial charge in [-0.3, -0.25) is 0 Å². The van der Waals surface area contributed by atoms with Crippen molar-refractivity contribution < 1.29 is 46.2 Å². The van der Waals surface area contributed by atoms with E-state index in [-0.39, 0.29) is 44.0 Å². The van der Waals surface area contributed by atoms with E-state index in [4.69, 9.17) is 4.74 Å². The molecule has 4 heteroatoms. The second-order valence-electron chi connectivity index (χ2n) is 6.43. The van der Waals surface area contributed by atoms with Crippen LogP contribution in [0.5, 0.6) is 5.75 Å². The standard InChI is InChI=1S/C20H21F2O.Y/c1-15-7-9-16(10-8-15)17-11-13-18(14-12-17)20(21,22)23-19-5-3-2-4-6-19;/h3-6,11-16H,7-10H2,1H3;/q-1;+3. The van der Waals surface area contributed by atoms with Gasteiger partial charge in [0.05, 0.1) is 5.56 Å². The molecule has 1 nitrogen and oxygen atoms in total. The first-order chi connectivity index (χ1) is 11.0. The predicted molar refractivity (Wildman–Crippen MR) is 86.6 cm³/mol. The summed E-state index contributed by atoms with van der Waals surface area (Å²) in [6.45, 7) is 2.28. The maximum absolute atomic E-state index is 14.2. The molecule has 0 heterocycles. The zero-order valence-corrected chi connectivity index (χ0v) is 16.7. The van der Waals surface area contributed by atoms with Gasteiger partial charge in [0.25, 0.3) is 0 Å². The molecule has 24 heavy (non-hydrogen) atoms. The molecule has 2 aromatic rings. The molecule has 0 saturated heterocycles. The Bertz CT molecular complexity index is 620. The van der Waals surface area contributed by atoms with Crippen LogP contribution >= 0.6 is 0 Å². The van der Waals surface area contributed by atoms with Crippen LogP contribution in [0.3, 0.4) is 0 Å². The molecule has 0 bridgehead atoms. The summed E-state index contributed by atoms with van der Waals surface area (Å²) in [4.78, 5) is 0. The van der Waals surface area contributed by atoms with Crippen molar-refractivity contribution in [3.63, 3.8) is 0 Å². The molecule has 0 aromatic heterocycles. The van der Waals surface area contributed by atoms with Crippen LogP contribution in [0, 0.1) is 12.0 Å². The van der Waals surface area contributed by atoms with Crippen LogP contribution in [0.1, 0.15) is 49.7 Å². The number of hydrogen-bond acceptors (Lipinski definition) is 1. The van der Waals surface area contributed by atoms with E-state index in [1.54, 1.807) is 12.1 Å². The van der Waals surface area contributed by atoms with E-state index in [0.29, 0.717) is 5.92 Å². The van der Waals surface area contributed by atoms with Gasteiger partial charge < -0.3 is 4.74 Å². The molecule has 122 valence electrons. The van der Waals surface area contributed by atoms with Crippen molar-refractivity contribution in [1.82, 2.24) is 0 Å². The van der Waals surface area contributed by atoms with Crippen LogP contribution in [-0.4, -0.2) is 0 Å². The minimum atomic E-state index is -3.33. The number of halogens is 2. The van der Waals surface area contributed by atoms with Gasteiger partial charge in [-0.25, -0.2) is 0 Å². The van der Waals surface area contributed by atoms with Gasteiger partial charge >= 0.3 is 38.8 Å². The molecule has 0 aliphatic heterocycles. The second-order valence-corrected chi connectivity index (χ2v) is 6.43. The van der Waals surface area contributed by atoms with E-state index in [0.717, 1.165) is 24.3 Å². The summed E-state index contributed by atoms with van der Waals surface area (Å²) >= 11 is 0. The average molecular weight is 404 g/mol. The first kappa shape index (κ1) is 19.5. The molecule has 0 atom stereocenters. The molecule has 0 unspecified atom stereocenters. The molecule has 0 N–H and O–H groups in total. The van der Waals surface area contributed by atoms with E-state index >= 15 is 0 Å². The Morgan fingerprint density at radius 1 is 0.958 bits per heavy atom. The van der Waals surface area contributed by atoms with Crippen molar-refractivity contribution in [3.05, 3.63) is 65.7 Å². The summed E-state index contributed by atoms with van der Waals surface area (Å²) in [5.41, 5.74) is 1.05. The molecule has 0 amide bonds. The number of ether oxygens (including phenoxy) is 1. The van der Waals surface area contributed by atoms with E-state index in [1.807, 2.05) is 12.1 Å². The molecule has 1 aliphatic carbocycles. The second kappa shape index (κ2) is 8.53. The van der Waals surface area contributed by atoms with Crippen molar-refractivity contribution in [1.29, 1.82) is 0 Å². The fourth-order valence-electron chi connectivity index (χ4n) is 3.19. The Morgan fingerprint density at radius 3 is 2.12 bits per heavy atom. The third-order valence-electron chi connectivity index (χ3n) is 4.67. The van der Waals surface area contributed by atoms with Gasteiger partial charge in [0, 0.05) is 5.75 Å². The fourth-order valence-corrected chi connectivity index (χ4v) is 3.19. The predicted octanol–water partition coefficient (Wildman–Crippen LogP) is 5.91. The smallest absolute Gasteiger partial charge is 0.456 e. The van der Waals surface area contributed by atoms with Gasteiger partial charge in [0.2, 0.25) is 0 Å². The molecule has 0 spiro atoms. The largest absolute Gasteiger partial charge is 3.00 e. The van der Waals surface area contributed by atoms with Crippen molar-refractivity contribution >= 4 is 0 Å². The first-order valence-corrected chi connectivity index (χ1v) is 8.18. The SMILES string of the molecule is CC1CCC(c2ccc(C(F)(F)Oc3cc[c-]cc3)cc2)CC1.[Y+3]. The Morgan fingerprint density at radius 2 is 1.54 bits per heavy atom. The third kappa shape index (κ3) is 4.86. The van der Waals surface area contributed by atoms with Gasteiger partial charge in [0.1, 0.15) is 0 Å². The summed E-state index contributed by atoms with van der Waals surface area (Å²) in [7, 11) is 0.